The summed E-state index contributed by atoms with van der Waals surface area (Å²) >= 11 is 0. The molecule has 0 amide bonds. The summed E-state index contributed by atoms with van der Waals surface area (Å²) in [4.78, 5) is 38.4. The average Bonchev–Trinajstić information content (AvgIpc) is 2.76. The van der Waals surface area contributed by atoms with Crippen LogP contribution in [-0.2, 0) is 0 Å². The first-order chi connectivity index (χ1) is 14.1. The van der Waals surface area contributed by atoms with E-state index < -0.39 is 17.6 Å². The molecule has 1 heterocycles. The molecule has 29 heavy (non-hydrogen) atoms. The van der Waals surface area contributed by atoms with Crippen LogP contribution in [0, 0.1) is 0 Å². The number of hydrogen-bond acceptors (Lipinski definition) is 4. The molecule has 3 aromatic carbocycles. The Kier molecular flexibility index (Phi) is 4.75. The second kappa shape index (κ2) is 7.52. The minimum absolute atomic E-state index is 0.196. The van der Waals surface area contributed by atoms with Crippen LogP contribution in [0.5, 0.6) is 0 Å². The van der Waals surface area contributed by atoms with E-state index in [0.29, 0.717) is 11.1 Å². The topological polar surface area (TPSA) is 89.3 Å². The van der Waals surface area contributed by atoms with Crippen molar-refractivity contribution >= 4 is 22.5 Å². The molecule has 4 rings (SSSR count). The van der Waals surface area contributed by atoms with Crippen molar-refractivity contribution in [3.63, 3.8) is 0 Å². The second-order valence-corrected chi connectivity index (χ2v) is 6.49. The number of fused-ring (bicyclic) bond motifs is 1. The largest absolute Gasteiger partial charge is 0.476 e. The zero-order valence-electron chi connectivity index (χ0n) is 15.2. The normalized spacial score (nSPS) is 11.9. The number of carboxylic acids is 1. The summed E-state index contributed by atoms with van der Waals surface area (Å²) in [5.41, 5.74) is 0.147. The quantitative estimate of drug-likeness (QED) is 0.532. The number of hydrogen-bond donors (Lipinski definition) is 1. The van der Waals surface area contributed by atoms with Crippen molar-refractivity contribution in [3.8, 4) is 0 Å². The van der Waals surface area contributed by atoms with Crippen molar-refractivity contribution in [2.75, 3.05) is 0 Å². The third-order valence-corrected chi connectivity index (χ3v) is 4.70. The Balaban J connectivity index is 2.02. The number of carbonyl (C=O) groups is 2. The van der Waals surface area contributed by atoms with Crippen molar-refractivity contribution in [1.29, 1.82) is 0 Å². The van der Waals surface area contributed by atoms with Crippen LogP contribution in [0.2, 0.25) is 0 Å². The monoisotopic (exact) mass is 384 g/mol. The number of Topliss-reactive ketones (excluding diaryl/α,β-unsaturated/α-hetero) is 1. The summed E-state index contributed by atoms with van der Waals surface area (Å²) in [6.07, 6.45) is 0. The molecule has 1 atom stereocenters. The Morgan fingerprint density at radius 3 is 1.97 bits per heavy atom. The Hall–Kier alpha value is -4.06. The van der Waals surface area contributed by atoms with Gasteiger partial charge in [-0.15, -0.1) is 0 Å². The van der Waals surface area contributed by atoms with Gasteiger partial charge in [0.15, 0.2) is 11.5 Å². The first kappa shape index (κ1) is 18.3. The van der Waals surface area contributed by atoms with Crippen LogP contribution < -0.4 is 5.56 Å². The van der Waals surface area contributed by atoms with Gasteiger partial charge in [-0.05, 0) is 11.6 Å². The molecule has 0 aliphatic rings. The van der Waals surface area contributed by atoms with E-state index in [0.717, 1.165) is 4.68 Å². The van der Waals surface area contributed by atoms with Crippen LogP contribution in [0.1, 0.15) is 32.5 Å². The lowest BCUT2D eigenvalue weighted by molar-refractivity contribution is 0.0687. The maximum atomic E-state index is 13.4. The number of benzene rings is 3. The summed E-state index contributed by atoms with van der Waals surface area (Å²) in [5.74, 6) is -1.62. The fraction of sp³-hybridized carbons (Fsp3) is 0.0435. The average molecular weight is 384 g/mol. The molecule has 0 aliphatic carbocycles. The summed E-state index contributed by atoms with van der Waals surface area (Å²) in [7, 11) is 0. The molecule has 0 saturated carbocycles. The van der Waals surface area contributed by atoms with E-state index >= 15 is 0 Å². The highest BCUT2D eigenvalue weighted by molar-refractivity contribution is 6.03. The van der Waals surface area contributed by atoms with Gasteiger partial charge in [0.2, 0.25) is 0 Å². The Bertz CT molecular complexity index is 1260. The number of carbonyl (C=O) groups excluding carboxylic acids is 1. The number of rotatable bonds is 5. The smallest absolute Gasteiger partial charge is 0.357 e. The van der Waals surface area contributed by atoms with Gasteiger partial charge in [-0.2, -0.15) is 5.10 Å². The summed E-state index contributed by atoms with van der Waals surface area (Å²) < 4.78 is 0.983. The standard InChI is InChI=1S/C23H16N2O4/c26-21(16-11-5-2-6-12-16)20(15-9-3-1-4-10-15)25-22(27)18-14-8-7-13-17(18)19(24-25)23(28)29/h1-14,20H,(H,28,29). The van der Waals surface area contributed by atoms with Crippen molar-refractivity contribution in [1.82, 2.24) is 9.78 Å². The molecule has 1 aromatic heterocycles. The van der Waals surface area contributed by atoms with Crippen LogP contribution in [-0.4, -0.2) is 26.6 Å². The number of aromatic nitrogens is 2. The summed E-state index contributed by atoms with van der Waals surface area (Å²) in [6, 6.07) is 22.6. The van der Waals surface area contributed by atoms with E-state index in [2.05, 4.69) is 5.10 Å². The molecule has 0 fully saturated rings. The molecule has 0 spiro atoms. The molecular weight excluding hydrogens is 368 g/mol. The number of carboxylic acid groups (broad SMARTS) is 1. The van der Waals surface area contributed by atoms with E-state index in [1.54, 1.807) is 72.8 Å². The zero-order valence-corrected chi connectivity index (χ0v) is 15.2. The SMILES string of the molecule is O=C(O)c1nn(C(C(=O)c2ccccc2)c2ccccc2)c(=O)c2ccccc12. The molecule has 0 bridgehead atoms. The van der Waals surface area contributed by atoms with Crippen LogP contribution in [0.25, 0.3) is 10.8 Å². The molecule has 4 aromatic rings. The second-order valence-electron chi connectivity index (χ2n) is 6.49. The van der Waals surface area contributed by atoms with Crippen LogP contribution in [0.15, 0.2) is 89.7 Å². The van der Waals surface area contributed by atoms with Gasteiger partial charge in [0, 0.05) is 10.9 Å². The van der Waals surface area contributed by atoms with Gasteiger partial charge >= 0.3 is 5.97 Å². The van der Waals surface area contributed by atoms with Gasteiger partial charge in [-0.3, -0.25) is 9.59 Å². The van der Waals surface area contributed by atoms with Gasteiger partial charge in [-0.25, -0.2) is 9.48 Å². The minimum Gasteiger partial charge on any atom is -0.476 e. The molecule has 1 unspecified atom stereocenters. The molecule has 0 radical (unpaired) electrons. The number of aromatic carboxylic acids is 1. The van der Waals surface area contributed by atoms with E-state index in [4.69, 9.17) is 0 Å². The first-order valence-electron chi connectivity index (χ1n) is 8.97. The third kappa shape index (κ3) is 3.32. The van der Waals surface area contributed by atoms with E-state index in [1.807, 2.05) is 0 Å². The lowest BCUT2D eigenvalue weighted by atomic mass is 9.97. The van der Waals surface area contributed by atoms with Crippen LogP contribution in [0.4, 0.5) is 0 Å². The molecule has 1 N–H and O–H groups in total. The predicted octanol–water partition coefficient (Wildman–Crippen LogP) is 3.57. The number of ketones is 1. The predicted molar refractivity (Wildman–Crippen MR) is 108 cm³/mol. The molecule has 0 saturated heterocycles. The highest BCUT2D eigenvalue weighted by Crippen LogP contribution is 2.23. The third-order valence-electron chi connectivity index (χ3n) is 4.70. The molecule has 6 heteroatoms. The highest BCUT2D eigenvalue weighted by Gasteiger charge is 2.28. The lowest BCUT2D eigenvalue weighted by Gasteiger charge is -2.19. The van der Waals surface area contributed by atoms with E-state index in [9.17, 15) is 19.5 Å². The van der Waals surface area contributed by atoms with Gasteiger partial charge in [-0.1, -0.05) is 78.9 Å². The van der Waals surface area contributed by atoms with E-state index in [1.165, 1.54) is 12.1 Å². The Labute approximate surface area is 165 Å². The fourth-order valence-corrected chi connectivity index (χ4v) is 3.34. The zero-order chi connectivity index (χ0) is 20.4. The maximum absolute atomic E-state index is 13.4. The fourth-order valence-electron chi connectivity index (χ4n) is 3.34. The van der Waals surface area contributed by atoms with Gasteiger partial charge in [0.1, 0.15) is 6.04 Å². The van der Waals surface area contributed by atoms with Gasteiger partial charge in [0.05, 0.1) is 5.39 Å². The molecule has 142 valence electrons. The number of nitrogens with zero attached hydrogens (tertiary/aromatic N) is 2. The van der Waals surface area contributed by atoms with Gasteiger partial charge < -0.3 is 5.11 Å². The van der Waals surface area contributed by atoms with Crippen molar-refractivity contribution in [3.05, 3.63) is 112 Å². The molecule has 0 aliphatic heterocycles. The summed E-state index contributed by atoms with van der Waals surface area (Å²) in [5, 5.41) is 14.2. The van der Waals surface area contributed by atoms with Crippen LogP contribution in [0.3, 0.4) is 0 Å². The van der Waals surface area contributed by atoms with Crippen molar-refractivity contribution in [2.45, 2.75) is 6.04 Å². The highest BCUT2D eigenvalue weighted by atomic mass is 16.4. The molecule has 6 nitrogen and oxygen atoms in total. The van der Waals surface area contributed by atoms with Crippen LogP contribution >= 0.6 is 0 Å². The Morgan fingerprint density at radius 2 is 1.34 bits per heavy atom. The van der Waals surface area contributed by atoms with Gasteiger partial charge in [0.25, 0.3) is 5.56 Å². The lowest BCUT2D eigenvalue weighted by Crippen LogP contribution is -2.34. The first-order valence-corrected chi connectivity index (χ1v) is 8.97. The minimum atomic E-state index is -1.27. The van der Waals surface area contributed by atoms with E-state index in [-0.39, 0.29) is 22.2 Å². The molecular formula is C23H16N2O4. The summed E-state index contributed by atoms with van der Waals surface area (Å²) in [6.45, 7) is 0. The maximum Gasteiger partial charge on any atom is 0.357 e. The Morgan fingerprint density at radius 1 is 0.793 bits per heavy atom. The van der Waals surface area contributed by atoms with Crippen molar-refractivity contribution in [2.24, 2.45) is 0 Å². The van der Waals surface area contributed by atoms with Crippen molar-refractivity contribution < 1.29 is 14.7 Å².